The van der Waals surface area contributed by atoms with Crippen LogP contribution in [0.5, 0.6) is 0 Å². The Bertz CT molecular complexity index is 896. The van der Waals surface area contributed by atoms with E-state index in [9.17, 15) is 0 Å². The predicted octanol–water partition coefficient (Wildman–Crippen LogP) is 5.36. The Balaban J connectivity index is 1.36. The lowest BCUT2D eigenvalue weighted by Crippen LogP contribution is -2.42. The van der Waals surface area contributed by atoms with E-state index in [0.29, 0.717) is 28.6 Å². The van der Waals surface area contributed by atoms with Crippen LogP contribution in [0.3, 0.4) is 0 Å². The zero-order chi connectivity index (χ0) is 22.6. The molecular weight excluding hydrogens is 422 g/mol. The third-order valence-corrected chi connectivity index (χ3v) is 7.03. The first-order chi connectivity index (χ1) is 15.4. The van der Waals surface area contributed by atoms with Crippen LogP contribution in [0, 0.1) is 5.41 Å². The van der Waals surface area contributed by atoms with Gasteiger partial charge in [-0.2, -0.15) is 0 Å². The van der Waals surface area contributed by atoms with Gasteiger partial charge in [0.1, 0.15) is 5.82 Å². The summed E-state index contributed by atoms with van der Waals surface area (Å²) in [5.74, 6) is 0.860. The Morgan fingerprint density at radius 2 is 1.91 bits per heavy atom. The number of ether oxygens (including phenoxy) is 1. The van der Waals surface area contributed by atoms with Crippen LogP contribution in [0.15, 0.2) is 30.6 Å². The summed E-state index contributed by atoms with van der Waals surface area (Å²) in [5.41, 5.74) is 3.31. The molecule has 1 atom stereocenters. The number of hydrogen-bond acceptors (Lipinski definition) is 6. The molecule has 2 aromatic heterocycles. The molecule has 2 saturated carbocycles. The summed E-state index contributed by atoms with van der Waals surface area (Å²) in [6, 6.07) is 7.50. The van der Waals surface area contributed by atoms with Crippen molar-refractivity contribution in [1.82, 2.24) is 15.3 Å². The number of pyridine rings is 2. The molecule has 2 aromatic rings. The predicted molar refractivity (Wildman–Crippen MR) is 132 cm³/mol. The highest BCUT2D eigenvalue weighted by Crippen LogP contribution is 2.44. The average molecular weight is 458 g/mol. The Hall–Kier alpha value is -1.89. The zero-order valence-electron chi connectivity index (χ0n) is 19.5. The molecule has 0 aromatic carbocycles. The first-order valence-electron chi connectivity index (χ1n) is 11.8. The van der Waals surface area contributed by atoms with Gasteiger partial charge in [-0.3, -0.25) is 4.98 Å². The minimum Gasteiger partial charge on any atom is -0.384 e. The smallest absolute Gasteiger partial charge is 0.126 e. The summed E-state index contributed by atoms with van der Waals surface area (Å²) < 4.78 is 5.24. The van der Waals surface area contributed by atoms with Gasteiger partial charge in [0.2, 0.25) is 0 Å². The molecule has 174 valence electrons. The van der Waals surface area contributed by atoms with Gasteiger partial charge in [0.25, 0.3) is 0 Å². The summed E-state index contributed by atoms with van der Waals surface area (Å²) >= 11 is 6.51. The zero-order valence-corrected chi connectivity index (χ0v) is 20.2. The fraction of sp³-hybridized carbons (Fsp3) is 0.600. The average Bonchev–Trinajstić information content (AvgIpc) is 3.53. The van der Waals surface area contributed by atoms with E-state index in [-0.39, 0.29) is 0 Å². The minimum absolute atomic E-state index is 0.389. The lowest BCUT2D eigenvalue weighted by Gasteiger charge is -2.31. The first kappa shape index (κ1) is 23.3. The van der Waals surface area contributed by atoms with E-state index in [1.54, 1.807) is 13.3 Å². The number of rotatable bonds is 10. The maximum atomic E-state index is 6.51. The highest BCUT2D eigenvalue weighted by molar-refractivity contribution is 6.33. The molecule has 2 aliphatic carbocycles. The molecule has 2 heterocycles. The van der Waals surface area contributed by atoms with E-state index < -0.39 is 0 Å². The lowest BCUT2D eigenvalue weighted by atomic mass is 9.90. The van der Waals surface area contributed by atoms with E-state index >= 15 is 0 Å². The summed E-state index contributed by atoms with van der Waals surface area (Å²) in [4.78, 5) is 9.10. The molecule has 4 rings (SSSR count). The van der Waals surface area contributed by atoms with Crippen LogP contribution in [0.25, 0.3) is 11.3 Å². The van der Waals surface area contributed by atoms with Gasteiger partial charge in [-0.25, -0.2) is 4.98 Å². The Kier molecular flexibility index (Phi) is 7.54. The second-order valence-electron chi connectivity index (χ2n) is 9.86. The topological polar surface area (TPSA) is 71.1 Å². The van der Waals surface area contributed by atoms with Crippen LogP contribution in [-0.4, -0.2) is 48.4 Å². The Morgan fingerprint density at radius 1 is 1.16 bits per heavy atom. The molecule has 6 nitrogen and oxygen atoms in total. The summed E-state index contributed by atoms with van der Waals surface area (Å²) in [5, 5.41) is 11.5. The van der Waals surface area contributed by atoms with Gasteiger partial charge in [0, 0.05) is 55.4 Å². The van der Waals surface area contributed by atoms with Gasteiger partial charge in [0.15, 0.2) is 0 Å². The van der Waals surface area contributed by atoms with Crippen LogP contribution < -0.4 is 16.0 Å². The monoisotopic (exact) mass is 457 g/mol. The van der Waals surface area contributed by atoms with Gasteiger partial charge in [-0.05, 0) is 69.1 Å². The van der Waals surface area contributed by atoms with Crippen molar-refractivity contribution in [2.24, 2.45) is 5.41 Å². The van der Waals surface area contributed by atoms with Crippen molar-refractivity contribution in [2.75, 3.05) is 30.9 Å². The van der Waals surface area contributed by atoms with Crippen molar-refractivity contribution in [3.8, 4) is 11.3 Å². The Labute approximate surface area is 196 Å². The molecular formula is C25H36ClN5O. The van der Waals surface area contributed by atoms with Crippen molar-refractivity contribution in [1.29, 1.82) is 0 Å². The molecule has 1 unspecified atom stereocenters. The summed E-state index contributed by atoms with van der Waals surface area (Å²) in [6.07, 6.45) is 10.7. The van der Waals surface area contributed by atoms with Crippen molar-refractivity contribution in [2.45, 2.75) is 70.5 Å². The number of anilines is 2. The van der Waals surface area contributed by atoms with Crippen LogP contribution >= 0.6 is 11.6 Å². The van der Waals surface area contributed by atoms with E-state index in [0.717, 1.165) is 61.6 Å². The molecule has 2 fully saturated rings. The van der Waals surface area contributed by atoms with Gasteiger partial charge < -0.3 is 20.7 Å². The fourth-order valence-corrected chi connectivity index (χ4v) is 4.62. The normalized spacial score (nSPS) is 22.9. The number of hydrogen-bond donors (Lipinski definition) is 3. The minimum atomic E-state index is 0.389. The van der Waals surface area contributed by atoms with Crippen molar-refractivity contribution in [3.63, 3.8) is 0 Å². The second kappa shape index (κ2) is 10.4. The first-order valence-corrected chi connectivity index (χ1v) is 12.2. The number of nitrogens with one attached hydrogen (secondary N) is 3. The molecule has 2 aliphatic rings. The van der Waals surface area contributed by atoms with E-state index in [2.05, 4.69) is 45.8 Å². The molecule has 0 bridgehead atoms. The molecule has 0 aliphatic heterocycles. The second-order valence-corrected chi connectivity index (χ2v) is 10.3. The van der Waals surface area contributed by atoms with Gasteiger partial charge in [-0.15, -0.1) is 0 Å². The van der Waals surface area contributed by atoms with Crippen LogP contribution in [0.1, 0.15) is 52.4 Å². The maximum Gasteiger partial charge on any atom is 0.126 e. The van der Waals surface area contributed by atoms with Crippen LogP contribution in [-0.2, 0) is 4.74 Å². The van der Waals surface area contributed by atoms with Crippen molar-refractivity contribution < 1.29 is 4.74 Å². The third-order valence-electron chi connectivity index (χ3n) is 6.73. The van der Waals surface area contributed by atoms with Crippen LogP contribution in [0.2, 0.25) is 5.02 Å². The standard InChI is InChI=1S/C25H36ClN5O/c1-17(15-32-3)30-18-4-6-19(7-5-18)31-24-13-21(22(26)14-28-24)23-12-20(8-11-27-23)29-16-25(2)9-10-25/h8,11-14,17-19,30H,4-7,9-10,15-16H2,1-3H3,(H,27,29)(H,28,31). The van der Waals surface area contributed by atoms with Gasteiger partial charge in [-0.1, -0.05) is 18.5 Å². The van der Waals surface area contributed by atoms with Crippen molar-refractivity contribution >= 4 is 23.1 Å². The largest absolute Gasteiger partial charge is 0.384 e. The number of methoxy groups -OCH3 is 1. The summed E-state index contributed by atoms with van der Waals surface area (Å²) in [7, 11) is 1.75. The van der Waals surface area contributed by atoms with Crippen molar-refractivity contribution in [3.05, 3.63) is 35.6 Å². The summed E-state index contributed by atoms with van der Waals surface area (Å²) in [6.45, 7) is 6.25. The van der Waals surface area contributed by atoms with E-state index in [1.807, 2.05) is 18.3 Å². The lowest BCUT2D eigenvalue weighted by molar-refractivity contribution is 0.161. The fourth-order valence-electron chi connectivity index (χ4n) is 4.42. The third kappa shape index (κ3) is 6.33. The Morgan fingerprint density at radius 3 is 2.62 bits per heavy atom. The highest BCUT2D eigenvalue weighted by Gasteiger charge is 2.36. The molecule has 0 amide bonds. The molecule has 3 N–H and O–H groups in total. The molecule has 0 radical (unpaired) electrons. The van der Waals surface area contributed by atoms with Gasteiger partial charge >= 0.3 is 0 Å². The van der Waals surface area contributed by atoms with E-state index in [4.69, 9.17) is 16.3 Å². The van der Waals surface area contributed by atoms with Crippen LogP contribution in [0.4, 0.5) is 11.5 Å². The highest BCUT2D eigenvalue weighted by atomic mass is 35.5. The number of nitrogens with zero attached hydrogens (tertiary/aromatic N) is 2. The number of halogens is 1. The molecule has 7 heteroatoms. The molecule has 0 spiro atoms. The molecule has 0 saturated heterocycles. The van der Waals surface area contributed by atoms with Gasteiger partial charge in [0.05, 0.1) is 17.3 Å². The van der Waals surface area contributed by atoms with E-state index in [1.165, 1.54) is 12.8 Å². The quantitative estimate of drug-likeness (QED) is 0.446. The maximum absolute atomic E-state index is 6.51. The molecule has 32 heavy (non-hydrogen) atoms. The number of aromatic nitrogens is 2. The SMILES string of the molecule is COCC(C)NC1CCC(Nc2cc(-c3cc(NCC4(C)CC4)ccn3)c(Cl)cn2)CC1.